The second-order valence-electron chi connectivity index (χ2n) is 10.7. The third kappa shape index (κ3) is 6.92. The Morgan fingerprint density at radius 2 is 1.72 bits per heavy atom. The lowest BCUT2D eigenvalue weighted by Crippen LogP contribution is -2.42. The first kappa shape index (κ1) is 31.3. The average Bonchev–Trinajstić information content (AvgIpc) is 3.32. The van der Waals surface area contributed by atoms with Crippen LogP contribution in [0, 0.1) is 18.8 Å². The first-order valence-electron chi connectivity index (χ1n) is 13.0. The van der Waals surface area contributed by atoms with Crippen molar-refractivity contribution in [1.82, 2.24) is 14.2 Å². The number of piperidine rings is 1. The zero-order valence-corrected chi connectivity index (χ0v) is 26.0. The summed E-state index contributed by atoms with van der Waals surface area (Å²) in [4.78, 5) is 22.6. The largest absolute Gasteiger partial charge is 0.494 e. The number of hydrogen-bond acceptors (Lipinski definition) is 7. The molecule has 39 heavy (non-hydrogen) atoms. The van der Waals surface area contributed by atoms with Crippen LogP contribution in [0.5, 0.6) is 5.75 Å². The summed E-state index contributed by atoms with van der Waals surface area (Å²) in [6.07, 6.45) is 1.79. The molecule has 1 aliphatic heterocycles. The zero-order chi connectivity index (χ0) is 27.6. The molecule has 1 fully saturated rings. The van der Waals surface area contributed by atoms with Gasteiger partial charge in [0.25, 0.3) is 5.91 Å². The van der Waals surface area contributed by atoms with E-state index in [2.05, 4.69) is 18.7 Å². The van der Waals surface area contributed by atoms with Gasteiger partial charge in [-0.25, -0.2) is 13.4 Å². The van der Waals surface area contributed by atoms with Gasteiger partial charge >= 0.3 is 0 Å². The van der Waals surface area contributed by atoms with Crippen LogP contribution in [0.1, 0.15) is 42.6 Å². The number of anilines is 1. The molecule has 2 aromatic carbocycles. The number of aromatic nitrogens is 1. The van der Waals surface area contributed by atoms with Gasteiger partial charge in [0.15, 0.2) is 5.13 Å². The molecule has 2 heterocycles. The molecule has 8 nitrogen and oxygen atoms in total. The fraction of sp³-hybridized carbons (Fsp3) is 0.500. The number of hydrogen-bond donors (Lipinski definition) is 0. The number of thiazole rings is 1. The Kier molecular flexibility index (Phi) is 10.4. The number of nitrogens with zero attached hydrogens (tertiary/aromatic N) is 4. The van der Waals surface area contributed by atoms with Gasteiger partial charge in [0, 0.05) is 25.2 Å². The van der Waals surface area contributed by atoms with Crippen LogP contribution in [-0.2, 0) is 10.0 Å². The van der Waals surface area contributed by atoms with Crippen LogP contribution < -0.4 is 9.64 Å². The number of methoxy groups -OCH3 is 1. The predicted octanol–water partition coefficient (Wildman–Crippen LogP) is 5.30. The van der Waals surface area contributed by atoms with Gasteiger partial charge in [-0.05, 0) is 88.1 Å². The van der Waals surface area contributed by atoms with Crippen LogP contribution in [0.25, 0.3) is 10.2 Å². The maximum absolute atomic E-state index is 13.8. The Bertz CT molecular complexity index is 1380. The third-order valence-electron chi connectivity index (χ3n) is 6.95. The maximum Gasteiger partial charge on any atom is 0.260 e. The van der Waals surface area contributed by atoms with E-state index in [1.54, 1.807) is 40.6 Å². The molecule has 0 saturated carbocycles. The quantitative estimate of drug-likeness (QED) is 0.334. The Hall–Kier alpha value is -2.24. The lowest BCUT2D eigenvalue weighted by Gasteiger charge is -2.34. The molecule has 1 aliphatic rings. The number of carbonyl (C=O) groups excluding carboxylic acids is 1. The number of sulfonamides is 1. The number of halogens is 1. The monoisotopic (exact) mass is 594 g/mol. The Labute approximate surface area is 242 Å². The van der Waals surface area contributed by atoms with E-state index in [1.807, 2.05) is 33.2 Å². The van der Waals surface area contributed by atoms with E-state index in [-0.39, 0.29) is 23.2 Å². The van der Waals surface area contributed by atoms with Gasteiger partial charge in [0.05, 0.1) is 16.7 Å². The van der Waals surface area contributed by atoms with Crippen molar-refractivity contribution >= 4 is 55.0 Å². The summed E-state index contributed by atoms with van der Waals surface area (Å²) in [6, 6.07) is 10.2. The number of fused-ring (bicyclic) bond motifs is 1. The molecule has 0 spiro atoms. The van der Waals surface area contributed by atoms with E-state index in [1.165, 1.54) is 11.3 Å². The summed E-state index contributed by atoms with van der Waals surface area (Å²) >= 11 is 1.47. The van der Waals surface area contributed by atoms with Crippen molar-refractivity contribution in [2.45, 2.75) is 38.5 Å². The van der Waals surface area contributed by atoms with Crippen LogP contribution in [0.4, 0.5) is 5.13 Å². The Morgan fingerprint density at radius 3 is 2.31 bits per heavy atom. The SMILES string of the molecule is COc1ccc(C)c2sc(N(CCCN(C)C)C(=O)c3ccc(S(=O)(=O)N4CC(C)CC(C)C4)cc3)nc12.Cl. The number of carbonyl (C=O) groups is 1. The second kappa shape index (κ2) is 13.0. The second-order valence-corrected chi connectivity index (χ2v) is 13.6. The summed E-state index contributed by atoms with van der Waals surface area (Å²) in [5.41, 5.74) is 2.24. The van der Waals surface area contributed by atoms with E-state index in [0.717, 1.165) is 35.2 Å². The third-order valence-corrected chi connectivity index (χ3v) is 10.0. The van der Waals surface area contributed by atoms with Gasteiger partial charge in [-0.3, -0.25) is 9.69 Å². The van der Waals surface area contributed by atoms with Crippen LogP contribution in [0.2, 0.25) is 0 Å². The van der Waals surface area contributed by atoms with Crippen molar-refractivity contribution in [3.05, 3.63) is 47.5 Å². The molecule has 0 aliphatic carbocycles. The van der Waals surface area contributed by atoms with Gasteiger partial charge in [-0.2, -0.15) is 4.31 Å². The van der Waals surface area contributed by atoms with Gasteiger partial charge in [-0.15, -0.1) is 12.4 Å². The molecular formula is C28H39ClN4O4S2. The van der Waals surface area contributed by atoms with Gasteiger partial charge in [0.1, 0.15) is 11.3 Å². The molecule has 11 heteroatoms. The number of ether oxygens (including phenoxy) is 1. The lowest BCUT2D eigenvalue weighted by atomic mass is 9.94. The molecule has 3 aromatic rings. The lowest BCUT2D eigenvalue weighted by molar-refractivity contribution is 0.0986. The average molecular weight is 595 g/mol. The summed E-state index contributed by atoms with van der Waals surface area (Å²) < 4.78 is 34.7. The molecule has 0 bridgehead atoms. The highest BCUT2D eigenvalue weighted by Crippen LogP contribution is 2.37. The molecule has 0 radical (unpaired) electrons. The number of aryl methyl sites for hydroxylation is 1. The van der Waals surface area contributed by atoms with Crippen molar-refractivity contribution < 1.29 is 17.9 Å². The topological polar surface area (TPSA) is 83.0 Å². The predicted molar refractivity (Wildman–Crippen MR) is 161 cm³/mol. The number of benzene rings is 2. The molecule has 1 saturated heterocycles. The van der Waals surface area contributed by atoms with E-state index in [9.17, 15) is 13.2 Å². The first-order chi connectivity index (χ1) is 18.0. The Morgan fingerprint density at radius 1 is 1.08 bits per heavy atom. The van der Waals surface area contributed by atoms with Crippen LogP contribution >= 0.6 is 23.7 Å². The van der Waals surface area contributed by atoms with E-state index in [0.29, 0.717) is 47.9 Å². The first-order valence-corrected chi connectivity index (χ1v) is 15.3. The van der Waals surface area contributed by atoms with Gasteiger partial charge in [-0.1, -0.05) is 31.3 Å². The minimum absolute atomic E-state index is 0. The summed E-state index contributed by atoms with van der Waals surface area (Å²) in [6.45, 7) is 8.54. The van der Waals surface area contributed by atoms with Crippen molar-refractivity contribution in [2.75, 3.05) is 52.3 Å². The fourth-order valence-electron chi connectivity index (χ4n) is 5.08. The summed E-state index contributed by atoms with van der Waals surface area (Å²) in [5.74, 6) is 1.11. The van der Waals surface area contributed by atoms with E-state index < -0.39 is 10.0 Å². The van der Waals surface area contributed by atoms with Crippen molar-refractivity contribution in [1.29, 1.82) is 0 Å². The maximum atomic E-state index is 13.8. The highest BCUT2D eigenvalue weighted by atomic mass is 35.5. The molecular weight excluding hydrogens is 556 g/mol. The molecule has 4 rings (SSSR count). The van der Waals surface area contributed by atoms with E-state index >= 15 is 0 Å². The highest BCUT2D eigenvalue weighted by Gasteiger charge is 2.32. The van der Waals surface area contributed by atoms with Gasteiger partial charge in [0.2, 0.25) is 10.0 Å². The van der Waals surface area contributed by atoms with Crippen molar-refractivity contribution in [2.24, 2.45) is 11.8 Å². The normalized spacial score (nSPS) is 18.2. The minimum atomic E-state index is -3.62. The van der Waals surface area contributed by atoms with Crippen LogP contribution in [0.15, 0.2) is 41.3 Å². The number of amides is 1. The number of rotatable bonds is 9. The summed E-state index contributed by atoms with van der Waals surface area (Å²) in [5, 5.41) is 0.601. The Balaban J connectivity index is 0.00000420. The molecule has 214 valence electrons. The van der Waals surface area contributed by atoms with E-state index in [4.69, 9.17) is 9.72 Å². The smallest absolute Gasteiger partial charge is 0.260 e. The van der Waals surface area contributed by atoms with Crippen LogP contribution in [-0.4, -0.2) is 75.9 Å². The fourth-order valence-corrected chi connectivity index (χ4v) is 7.84. The highest BCUT2D eigenvalue weighted by molar-refractivity contribution is 7.89. The van der Waals surface area contributed by atoms with Gasteiger partial charge < -0.3 is 9.64 Å². The standard InChI is InChI=1S/C28H38N4O4S2.ClH/c1-19-16-20(2)18-31(17-19)38(34,35)23-11-9-22(10-12-23)27(33)32(15-7-14-30(4)5)28-29-25-24(36-6)13-8-21(3)26(25)37-28;/h8-13,19-20H,7,14-18H2,1-6H3;1H. The summed E-state index contributed by atoms with van der Waals surface area (Å²) in [7, 11) is 2.00. The molecule has 2 atom stereocenters. The molecule has 0 N–H and O–H groups in total. The van der Waals surface area contributed by atoms with Crippen molar-refractivity contribution in [3.8, 4) is 5.75 Å². The molecule has 1 aromatic heterocycles. The van der Waals surface area contributed by atoms with Crippen molar-refractivity contribution in [3.63, 3.8) is 0 Å². The van der Waals surface area contributed by atoms with Crippen LogP contribution in [0.3, 0.4) is 0 Å². The zero-order valence-electron chi connectivity index (χ0n) is 23.5. The minimum Gasteiger partial charge on any atom is -0.494 e. The molecule has 1 amide bonds. The molecule has 2 unspecified atom stereocenters.